The lowest BCUT2D eigenvalue weighted by atomic mass is 10.3. The summed E-state index contributed by atoms with van der Waals surface area (Å²) < 4.78 is 26.2. The highest BCUT2D eigenvalue weighted by molar-refractivity contribution is 8.00. The van der Waals surface area contributed by atoms with Gasteiger partial charge in [0.1, 0.15) is 11.6 Å². The van der Waals surface area contributed by atoms with Crippen LogP contribution in [0.5, 0.6) is 0 Å². The highest BCUT2D eigenvalue weighted by Crippen LogP contribution is 2.36. The van der Waals surface area contributed by atoms with Crippen molar-refractivity contribution in [2.24, 2.45) is 0 Å². The second-order valence-corrected chi connectivity index (χ2v) is 5.01. The van der Waals surface area contributed by atoms with E-state index in [2.05, 4.69) is 0 Å². The summed E-state index contributed by atoms with van der Waals surface area (Å²) in [5.74, 6) is -0.855. The van der Waals surface area contributed by atoms with Crippen LogP contribution in [-0.2, 0) is 0 Å². The number of hydrogen-bond donors (Lipinski definition) is 1. The fraction of sp³-hybridized carbons (Fsp3) is 0.455. The smallest absolute Gasteiger partial charge is 0.136 e. The Morgan fingerprint density at radius 3 is 2.73 bits per heavy atom. The Balaban J connectivity index is 2.12. The summed E-state index contributed by atoms with van der Waals surface area (Å²) in [5.41, 5.74) is 0. The lowest BCUT2D eigenvalue weighted by molar-refractivity contribution is 0.188. The first-order valence-electron chi connectivity index (χ1n) is 4.96. The van der Waals surface area contributed by atoms with Gasteiger partial charge in [-0.2, -0.15) is 0 Å². The van der Waals surface area contributed by atoms with E-state index < -0.39 is 17.7 Å². The quantitative estimate of drug-likeness (QED) is 0.842. The van der Waals surface area contributed by atoms with Gasteiger partial charge in [-0.15, -0.1) is 11.8 Å². The monoisotopic (exact) mass is 230 g/mol. The Morgan fingerprint density at radius 2 is 2.07 bits per heavy atom. The van der Waals surface area contributed by atoms with Crippen molar-refractivity contribution in [2.45, 2.75) is 35.5 Å². The van der Waals surface area contributed by atoms with Gasteiger partial charge in [0.2, 0.25) is 0 Å². The summed E-state index contributed by atoms with van der Waals surface area (Å²) in [4.78, 5) is 0.293. The summed E-state index contributed by atoms with van der Waals surface area (Å²) in [6.45, 7) is 0. The van der Waals surface area contributed by atoms with E-state index in [1.54, 1.807) is 0 Å². The van der Waals surface area contributed by atoms with Gasteiger partial charge in [0, 0.05) is 10.1 Å². The van der Waals surface area contributed by atoms with E-state index in [9.17, 15) is 13.9 Å². The first-order chi connectivity index (χ1) is 7.16. The molecule has 82 valence electrons. The van der Waals surface area contributed by atoms with Crippen molar-refractivity contribution >= 4 is 11.8 Å². The lowest BCUT2D eigenvalue weighted by Gasteiger charge is -2.14. The number of rotatable bonds is 2. The highest BCUT2D eigenvalue weighted by Gasteiger charge is 2.26. The molecular formula is C11H12F2OS. The van der Waals surface area contributed by atoms with Crippen molar-refractivity contribution in [3.05, 3.63) is 29.8 Å². The minimum atomic E-state index is -0.439. The summed E-state index contributed by atoms with van der Waals surface area (Å²) in [5, 5.41) is 9.57. The van der Waals surface area contributed by atoms with Gasteiger partial charge in [0.25, 0.3) is 0 Å². The van der Waals surface area contributed by atoms with Crippen molar-refractivity contribution in [3.63, 3.8) is 0 Å². The van der Waals surface area contributed by atoms with E-state index in [1.807, 2.05) is 0 Å². The summed E-state index contributed by atoms with van der Waals surface area (Å²) in [7, 11) is 0. The van der Waals surface area contributed by atoms with Crippen molar-refractivity contribution in [3.8, 4) is 0 Å². The Hall–Kier alpha value is -0.610. The number of aliphatic hydroxyl groups excluding tert-OH is 1. The maximum atomic E-state index is 13.3. The predicted octanol–water partition coefficient (Wildman–Crippen LogP) is 2.97. The Bertz CT molecular complexity index is 356. The van der Waals surface area contributed by atoms with Gasteiger partial charge in [-0.25, -0.2) is 8.78 Å². The zero-order valence-electron chi connectivity index (χ0n) is 8.12. The van der Waals surface area contributed by atoms with E-state index in [0.717, 1.165) is 31.4 Å². The van der Waals surface area contributed by atoms with Crippen LogP contribution >= 0.6 is 11.8 Å². The third-order valence-corrected chi connectivity index (χ3v) is 4.01. The highest BCUT2D eigenvalue weighted by atomic mass is 32.2. The second-order valence-electron chi connectivity index (χ2n) is 3.73. The molecule has 1 aromatic carbocycles. The van der Waals surface area contributed by atoms with Gasteiger partial charge in [-0.05, 0) is 37.5 Å². The fourth-order valence-corrected chi connectivity index (χ4v) is 3.04. The molecule has 1 aliphatic rings. The number of thioether (sulfide) groups is 1. The molecule has 0 heterocycles. The minimum absolute atomic E-state index is 0.00120. The average Bonchev–Trinajstić information content (AvgIpc) is 2.58. The van der Waals surface area contributed by atoms with Crippen LogP contribution in [0.15, 0.2) is 23.1 Å². The van der Waals surface area contributed by atoms with Crippen LogP contribution < -0.4 is 0 Å². The van der Waals surface area contributed by atoms with Gasteiger partial charge >= 0.3 is 0 Å². The Kier molecular flexibility index (Phi) is 3.26. The van der Waals surface area contributed by atoms with Crippen molar-refractivity contribution in [1.82, 2.24) is 0 Å². The van der Waals surface area contributed by atoms with E-state index in [-0.39, 0.29) is 5.25 Å². The molecule has 1 fully saturated rings. The van der Waals surface area contributed by atoms with Crippen LogP contribution in [0.4, 0.5) is 8.78 Å². The lowest BCUT2D eigenvalue weighted by Crippen LogP contribution is -2.15. The van der Waals surface area contributed by atoms with Gasteiger partial charge in [-0.3, -0.25) is 0 Å². The predicted molar refractivity (Wildman–Crippen MR) is 55.9 cm³/mol. The molecule has 15 heavy (non-hydrogen) atoms. The molecular weight excluding hydrogens is 218 g/mol. The zero-order valence-corrected chi connectivity index (χ0v) is 8.94. The Labute approximate surface area is 91.5 Å². The van der Waals surface area contributed by atoms with Crippen molar-refractivity contribution in [1.29, 1.82) is 0 Å². The van der Waals surface area contributed by atoms with E-state index in [0.29, 0.717) is 4.90 Å². The molecule has 0 amide bonds. The normalized spacial score (nSPS) is 25.8. The first kappa shape index (κ1) is 10.9. The molecule has 2 atom stereocenters. The van der Waals surface area contributed by atoms with Crippen LogP contribution in [0.1, 0.15) is 19.3 Å². The summed E-state index contributed by atoms with van der Waals surface area (Å²) in [6.07, 6.45) is 2.18. The number of halogens is 2. The van der Waals surface area contributed by atoms with Crippen LogP contribution in [0.2, 0.25) is 0 Å². The molecule has 1 aliphatic carbocycles. The average molecular weight is 230 g/mol. The topological polar surface area (TPSA) is 20.2 Å². The van der Waals surface area contributed by atoms with Gasteiger partial charge in [0.05, 0.1) is 6.10 Å². The third-order valence-electron chi connectivity index (χ3n) is 2.59. The maximum absolute atomic E-state index is 13.3. The molecule has 2 rings (SSSR count). The van der Waals surface area contributed by atoms with Crippen LogP contribution in [0.3, 0.4) is 0 Å². The van der Waals surface area contributed by atoms with Gasteiger partial charge in [-0.1, -0.05) is 0 Å². The van der Waals surface area contributed by atoms with E-state index >= 15 is 0 Å². The molecule has 1 N–H and O–H groups in total. The van der Waals surface area contributed by atoms with Gasteiger partial charge < -0.3 is 5.11 Å². The van der Waals surface area contributed by atoms with E-state index in [1.165, 1.54) is 17.8 Å². The molecule has 0 bridgehead atoms. The van der Waals surface area contributed by atoms with Gasteiger partial charge in [0.15, 0.2) is 0 Å². The van der Waals surface area contributed by atoms with Crippen LogP contribution in [0.25, 0.3) is 0 Å². The van der Waals surface area contributed by atoms with Crippen molar-refractivity contribution < 1.29 is 13.9 Å². The standard InChI is InChI=1S/C11H12F2OS/c12-7-4-5-8(13)11(6-7)15-10-3-1-2-9(10)14/h4-6,9-10,14H,1-3H2. The summed E-state index contributed by atoms with van der Waals surface area (Å²) >= 11 is 1.24. The van der Waals surface area contributed by atoms with Crippen LogP contribution in [0, 0.1) is 11.6 Å². The molecule has 1 saturated carbocycles. The molecule has 0 aliphatic heterocycles. The number of benzene rings is 1. The van der Waals surface area contributed by atoms with Crippen molar-refractivity contribution in [2.75, 3.05) is 0 Å². The molecule has 2 unspecified atom stereocenters. The fourth-order valence-electron chi connectivity index (χ4n) is 1.77. The molecule has 0 saturated heterocycles. The molecule has 4 heteroatoms. The first-order valence-corrected chi connectivity index (χ1v) is 5.84. The zero-order chi connectivity index (χ0) is 10.8. The number of hydrogen-bond acceptors (Lipinski definition) is 2. The summed E-state index contributed by atoms with van der Waals surface area (Å²) in [6, 6.07) is 3.41. The molecule has 0 spiro atoms. The second kappa shape index (κ2) is 4.49. The molecule has 0 radical (unpaired) electrons. The number of aliphatic hydroxyl groups is 1. The maximum Gasteiger partial charge on any atom is 0.136 e. The SMILES string of the molecule is OC1CCCC1Sc1cc(F)ccc1F. The largest absolute Gasteiger partial charge is 0.392 e. The Morgan fingerprint density at radius 1 is 1.27 bits per heavy atom. The molecule has 1 nitrogen and oxygen atoms in total. The third kappa shape index (κ3) is 2.49. The van der Waals surface area contributed by atoms with E-state index in [4.69, 9.17) is 0 Å². The van der Waals surface area contributed by atoms with Crippen LogP contribution in [-0.4, -0.2) is 16.5 Å². The molecule has 0 aromatic heterocycles. The molecule has 1 aromatic rings. The minimum Gasteiger partial charge on any atom is -0.392 e.